The van der Waals surface area contributed by atoms with Crippen molar-refractivity contribution in [2.24, 2.45) is 0 Å². The Hall–Kier alpha value is -3.81. The topological polar surface area (TPSA) is 89.9 Å². The lowest BCUT2D eigenvalue weighted by atomic mass is 9.90. The molecule has 0 N–H and O–H groups in total. The van der Waals surface area contributed by atoms with Gasteiger partial charge in [-0.15, -0.1) is 0 Å². The number of benzene rings is 1. The summed E-state index contributed by atoms with van der Waals surface area (Å²) in [6.45, 7) is 2.20. The summed E-state index contributed by atoms with van der Waals surface area (Å²) in [5.74, 6) is 0.311. The zero-order chi connectivity index (χ0) is 20.7. The fourth-order valence-electron chi connectivity index (χ4n) is 3.82. The number of aromatic nitrogens is 5. The second-order valence-electron chi connectivity index (χ2n) is 7.41. The smallest absolute Gasteiger partial charge is 0.257 e. The van der Waals surface area contributed by atoms with E-state index >= 15 is 0 Å². The molecule has 0 saturated heterocycles. The van der Waals surface area contributed by atoms with Gasteiger partial charge >= 0.3 is 0 Å². The molecule has 3 heterocycles. The number of rotatable bonds is 4. The molecule has 150 valence electrons. The molecule has 0 atom stereocenters. The molecule has 30 heavy (non-hydrogen) atoms. The third-order valence-corrected chi connectivity index (χ3v) is 5.45. The molecule has 0 bridgehead atoms. The van der Waals surface area contributed by atoms with Gasteiger partial charge in [0.05, 0.1) is 29.7 Å². The van der Waals surface area contributed by atoms with E-state index in [4.69, 9.17) is 9.51 Å². The quantitative estimate of drug-likeness (QED) is 0.523. The molecule has 0 saturated carbocycles. The van der Waals surface area contributed by atoms with Crippen molar-refractivity contribution in [2.45, 2.75) is 26.3 Å². The molecule has 0 unspecified atom stereocenters. The van der Waals surface area contributed by atoms with E-state index in [1.807, 2.05) is 19.2 Å². The van der Waals surface area contributed by atoms with Crippen molar-refractivity contribution >= 4 is 5.91 Å². The summed E-state index contributed by atoms with van der Waals surface area (Å²) in [4.78, 5) is 23.8. The fraction of sp³-hybridized carbons (Fsp3) is 0.227. The van der Waals surface area contributed by atoms with Crippen LogP contribution in [-0.2, 0) is 19.4 Å². The summed E-state index contributed by atoms with van der Waals surface area (Å²) in [5.41, 5.74) is 6.37. The van der Waals surface area contributed by atoms with Gasteiger partial charge in [-0.25, -0.2) is 14.6 Å². The first-order valence-corrected chi connectivity index (χ1v) is 9.75. The summed E-state index contributed by atoms with van der Waals surface area (Å²) in [7, 11) is 1.72. The van der Waals surface area contributed by atoms with Gasteiger partial charge in [0.1, 0.15) is 12.0 Å². The van der Waals surface area contributed by atoms with Crippen LogP contribution in [0, 0.1) is 6.92 Å². The molecule has 1 aliphatic rings. The zero-order valence-corrected chi connectivity index (χ0v) is 16.7. The van der Waals surface area contributed by atoms with Crippen LogP contribution in [0.2, 0.25) is 0 Å². The van der Waals surface area contributed by atoms with Gasteiger partial charge < -0.3 is 9.42 Å². The maximum Gasteiger partial charge on any atom is 0.257 e. The summed E-state index contributed by atoms with van der Waals surface area (Å²) >= 11 is 0. The van der Waals surface area contributed by atoms with E-state index in [0.29, 0.717) is 29.4 Å². The Morgan fingerprint density at radius 2 is 2.00 bits per heavy atom. The summed E-state index contributed by atoms with van der Waals surface area (Å²) in [6.07, 6.45) is 6.83. The predicted octanol–water partition coefficient (Wildman–Crippen LogP) is 3.00. The van der Waals surface area contributed by atoms with Crippen molar-refractivity contribution < 1.29 is 9.32 Å². The number of nitrogens with zero attached hydrogens (tertiary/aromatic N) is 6. The van der Waals surface area contributed by atoms with Gasteiger partial charge in [-0.05, 0) is 30.9 Å². The van der Waals surface area contributed by atoms with Gasteiger partial charge in [0.15, 0.2) is 0 Å². The molecule has 0 radical (unpaired) electrons. The second-order valence-corrected chi connectivity index (χ2v) is 7.41. The van der Waals surface area contributed by atoms with Crippen LogP contribution in [-0.4, -0.2) is 42.8 Å². The van der Waals surface area contributed by atoms with E-state index < -0.39 is 0 Å². The third-order valence-electron chi connectivity index (χ3n) is 5.45. The van der Waals surface area contributed by atoms with E-state index in [9.17, 15) is 4.79 Å². The molecule has 1 amide bonds. The van der Waals surface area contributed by atoms with E-state index in [-0.39, 0.29) is 5.91 Å². The number of carbonyl (C=O) groups is 1. The Kier molecular flexibility index (Phi) is 4.39. The van der Waals surface area contributed by atoms with Gasteiger partial charge in [-0.2, -0.15) is 5.10 Å². The minimum atomic E-state index is -0.148. The average molecular weight is 400 g/mol. The number of carbonyl (C=O) groups excluding carboxylic acids is 1. The molecule has 1 aliphatic carbocycles. The van der Waals surface area contributed by atoms with Gasteiger partial charge in [-0.3, -0.25) is 4.79 Å². The van der Waals surface area contributed by atoms with Crippen LogP contribution in [0.3, 0.4) is 0 Å². The minimum absolute atomic E-state index is 0.148. The number of hydrogen-bond donors (Lipinski definition) is 0. The highest BCUT2D eigenvalue weighted by molar-refractivity contribution is 5.95. The largest absolute Gasteiger partial charge is 0.364 e. The summed E-state index contributed by atoms with van der Waals surface area (Å²) < 4.78 is 6.46. The number of hydrogen-bond acceptors (Lipinski definition) is 6. The van der Waals surface area contributed by atoms with Crippen molar-refractivity contribution in [3.8, 4) is 17.2 Å². The SMILES string of the molecule is Cc1c(C(=O)N(C)Cc2ccon2)cnn1-c1ncc2c(n1)-c1ccccc1CC2. The average Bonchev–Trinajstić information content (AvgIpc) is 3.42. The standard InChI is InChI=1S/C22H20N6O2/c1-14-19(21(29)27(2)13-17-9-10-30-26-17)12-24-28(14)22-23-11-16-8-7-15-5-3-4-6-18(15)20(16)25-22/h3-6,9-12H,7-8,13H2,1-2H3. The van der Waals surface area contributed by atoms with Gasteiger partial charge in [0.25, 0.3) is 11.9 Å². The number of fused-ring (bicyclic) bond motifs is 3. The van der Waals surface area contributed by atoms with E-state index in [0.717, 1.165) is 29.7 Å². The molecule has 0 spiro atoms. The van der Waals surface area contributed by atoms with Crippen molar-refractivity contribution in [2.75, 3.05) is 7.05 Å². The third kappa shape index (κ3) is 3.06. The Balaban J connectivity index is 1.47. The van der Waals surface area contributed by atoms with Gasteiger partial charge in [-0.1, -0.05) is 29.4 Å². The molecule has 5 rings (SSSR count). The maximum absolute atomic E-state index is 12.9. The summed E-state index contributed by atoms with van der Waals surface area (Å²) in [6, 6.07) is 10.0. The van der Waals surface area contributed by atoms with E-state index in [1.54, 1.807) is 28.9 Å². The Bertz CT molecular complexity index is 1230. The lowest BCUT2D eigenvalue weighted by Crippen LogP contribution is -2.26. The first-order valence-electron chi connectivity index (χ1n) is 9.75. The van der Waals surface area contributed by atoms with Crippen LogP contribution < -0.4 is 0 Å². The van der Waals surface area contributed by atoms with Crippen molar-refractivity contribution in [3.05, 3.63) is 77.1 Å². The molecule has 0 aliphatic heterocycles. The van der Waals surface area contributed by atoms with Crippen LogP contribution in [0.1, 0.15) is 32.9 Å². The van der Waals surface area contributed by atoms with Crippen LogP contribution in [0.5, 0.6) is 0 Å². The fourth-order valence-corrected chi connectivity index (χ4v) is 3.82. The lowest BCUT2D eigenvalue weighted by Gasteiger charge is -2.19. The molecular formula is C22H20N6O2. The molecule has 0 fully saturated rings. The Labute approximate surface area is 173 Å². The second kappa shape index (κ2) is 7.22. The molecule has 4 aromatic rings. The highest BCUT2D eigenvalue weighted by Gasteiger charge is 2.22. The summed E-state index contributed by atoms with van der Waals surface area (Å²) in [5, 5.41) is 8.26. The molecule has 8 nitrogen and oxygen atoms in total. The van der Waals surface area contributed by atoms with Crippen molar-refractivity contribution in [1.82, 2.24) is 29.8 Å². The van der Waals surface area contributed by atoms with Gasteiger partial charge in [0, 0.05) is 24.9 Å². The van der Waals surface area contributed by atoms with Crippen LogP contribution in [0.25, 0.3) is 17.2 Å². The molecule has 1 aromatic carbocycles. The highest BCUT2D eigenvalue weighted by Crippen LogP contribution is 2.31. The monoisotopic (exact) mass is 400 g/mol. The van der Waals surface area contributed by atoms with Crippen LogP contribution >= 0.6 is 0 Å². The zero-order valence-electron chi connectivity index (χ0n) is 16.7. The Morgan fingerprint density at radius 3 is 2.83 bits per heavy atom. The lowest BCUT2D eigenvalue weighted by molar-refractivity contribution is 0.0781. The molecular weight excluding hydrogens is 380 g/mol. The number of aryl methyl sites for hydroxylation is 2. The van der Waals surface area contributed by atoms with Crippen LogP contribution in [0.4, 0.5) is 0 Å². The molecule has 8 heteroatoms. The van der Waals surface area contributed by atoms with Crippen molar-refractivity contribution in [1.29, 1.82) is 0 Å². The highest BCUT2D eigenvalue weighted by atomic mass is 16.5. The van der Waals surface area contributed by atoms with Crippen LogP contribution in [0.15, 0.2) is 53.5 Å². The van der Waals surface area contributed by atoms with Gasteiger partial charge in [0.2, 0.25) is 0 Å². The maximum atomic E-state index is 12.9. The first-order chi connectivity index (χ1) is 14.6. The number of amides is 1. The first kappa shape index (κ1) is 18.2. The Morgan fingerprint density at radius 1 is 1.17 bits per heavy atom. The normalized spacial score (nSPS) is 12.3. The molecule has 3 aromatic heterocycles. The van der Waals surface area contributed by atoms with Crippen molar-refractivity contribution in [3.63, 3.8) is 0 Å². The van der Waals surface area contributed by atoms with E-state index in [2.05, 4.69) is 33.4 Å². The van der Waals surface area contributed by atoms with E-state index in [1.165, 1.54) is 11.8 Å². The predicted molar refractivity (Wildman–Crippen MR) is 109 cm³/mol. The minimum Gasteiger partial charge on any atom is -0.364 e.